The minimum absolute atomic E-state index is 0.0946. The van der Waals surface area contributed by atoms with Crippen molar-refractivity contribution in [1.82, 2.24) is 26.3 Å². The van der Waals surface area contributed by atoms with Gasteiger partial charge in [0, 0.05) is 35.5 Å². The molecule has 1 heterocycles. The van der Waals surface area contributed by atoms with Gasteiger partial charge >= 0.3 is 6.03 Å². The molecule has 3 rings (SSSR count). The van der Waals surface area contributed by atoms with Crippen molar-refractivity contribution in [3.63, 3.8) is 0 Å². The third kappa shape index (κ3) is 5.54. The van der Waals surface area contributed by atoms with E-state index in [1.807, 2.05) is 0 Å². The molecule has 0 bridgehead atoms. The van der Waals surface area contributed by atoms with Gasteiger partial charge in [-0.3, -0.25) is 10.2 Å². The van der Waals surface area contributed by atoms with Gasteiger partial charge in [-0.2, -0.15) is 4.98 Å². The summed E-state index contributed by atoms with van der Waals surface area (Å²) in [6.45, 7) is 4.92. The molecule has 0 saturated heterocycles. The maximum absolute atomic E-state index is 14.8. The van der Waals surface area contributed by atoms with E-state index < -0.39 is 11.8 Å². The van der Waals surface area contributed by atoms with E-state index in [-0.39, 0.29) is 29.8 Å². The van der Waals surface area contributed by atoms with Crippen LogP contribution in [0, 0.1) is 18.7 Å². The van der Waals surface area contributed by atoms with Crippen molar-refractivity contribution in [2.45, 2.75) is 27.3 Å². The summed E-state index contributed by atoms with van der Waals surface area (Å²) in [5.41, 5.74) is 6.17. The molecule has 3 amide bonds. The Morgan fingerprint density at radius 3 is 2.53 bits per heavy atom. The largest absolute Gasteiger partial charge is 0.339 e. The molecule has 0 atom stereocenters. The number of hydrogen-bond donors (Lipinski definition) is 3. The highest BCUT2D eigenvalue weighted by atomic mass is 35.5. The van der Waals surface area contributed by atoms with Crippen LogP contribution in [0.5, 0.6) is 0 Å². The first-order valence-corrected chi connectivity index (χ1v) is 10.3. The van der Waals surface area contributed by atoms with Crippen LogP contribution < -0.4 is 16.2 Å². The average Bonchev–Trinajstić information content (AvgIpc) is 3.15. The Morgan fingerprint density at radius 2 is 1.91 bits per heavy atom. The number of benzene rings is 2. The first-order chi connectivity index (χ1) is 15.2. The van der Waals surface area contributed by atoms with E-state index >= 15 is 0 Å². The summed E-state index contributed by atoms with van der Waals surface area (Å²) in [5, 5.41) is 7.03. The number of amides is 3. The lowest BCUT2D eigenvalue weighted by atomic mass is 9.97. The molecule has 0 unspecified atom stereocenters. The van der Waals surface area contributed by atoms with Gasteiger partial charge in [0.25, 0.3) is 0 Å². The normalized spacial score (nSPS) is 10.8. The summed E-state index contributed by atoms with van der Waals surface area (Å²) in [6.07, 6.45) is 0. The van der Waals surface area contributed by atoms with Crippen molar-refractivity contribution in [3.8, 4) is 22.5 Å². The van der Waals surface area contributed by atoms with Gasteiger partial charge in [-0.25, -0.2) is 14.6 Å². The molecule has 0 radical (unpaired) electrons. The van der Waals surface area contributed by atoms with Gasteiger partial charge < -0.3 is 9.84 Å². The topological polar surface area (TPSA) is 109 Å². The number of rotatable bonds is 5. The lowest BCUT2D eigenvalue weighted by Crippen LogP contribution is -2.48. The molecule has 0 fully saturated rings. The van der Waals surface area contributed by atoms with Crippen molar-refractivity contribution in [2.75, 3.05) is 0 Å². The van der Waals surface area contributed by atoms with Crippen LogP contribution >= 0.6 is 23.2 Å². The predicted molar refractivity (Wildman–Crippen MR) is 118 cm³/mol. The van der Waals surface area contributed by atoms with Gasteiger partial charge in [0.1, 0.15) is 5.82 Å². The molecule has 1 aromatic heterocycles. The zero-order chi connectivity index (χ0) is 23.4. The number of nitrogens with zero attached hydrogens (tertiary/aromatic N) is 2. The Morgan fingerprint density at radius 1 is 1.16 bits per heavy atom. The summed E-state index contributed by atoms with van der Waals surface area (Å²) in [5.74, 6) is -0.580. The fourth-order valence-electron chi connectivity index (χ4n) is 2.77. The Balaban J connectivity index is 1.80. The van der Waals surface area contributed by atoms with Gasteiger partial charge in [0.05, 0.1) is 5.02 Å². The zero-order valence-electron chi connectivity index (χ0n) is 17.4. The minimum Gasteiger partial charge on any atom is -0.339 e. The summed E-state index contributed by atoms with van der Waals surface area (Å²) in [7, 11) is 0. The summed E-state index contributed by atoms with van der Waals surface area (Å²) in [6, 6.07) is 6.99. The second-order valence-corrected chi connectivity index (χ2v) is 8.05. The Labute approximate surface area is 193 Å². The molecule has 32 heavy (non-hydrogen) atoms. The fraction of sp³-hybridized carbons (Fsp3) is 0.238. The quantitative estimate of drug-likeness (QED) is 0.461. The van der Waals surface area contributed by atoms with Crippen molar-refractivity contribution >= 4 is 35.1 Å². The van der Waals surface area contributed by atoms with Gasteiger partial charge in [-0.05, 0) is 29.3 Å². The molecule has 0 aliphatic rings. The van der Waals surface area contributed by atoms with E-state index in [0.717, 1.165) is 0 Å². The van der Waals surface area contributed by atoms with Crippen LogP contribution in [0.15, 0.2) is 34.9 Å². The molecule has 2 aromatic carbocycles. The molecule has 11 heteroatoms. The van der Waals surface area contributed by atoms with E-state index in [9.17, 15) is 14.0 Å². The van der Waals surface area contributed by atoms with Gasteiger partial charge in [0.2, 0.25) is 17.6 Å². The van der Waals surface area contributed by atoms with Gasteiger partial charge in [-0.1, -0.05) is 54.3 Å². The van der Waals surface area contributed by atoms with E-state index in [1.54, 1.807) is 39.0 Å². The lowest BCUT2D eigenvalue weighted by molar-refractivity contribution is -0.124. The summed E-state index contributed by atoms with van der Waals surface area (Å²) < 4.78 is 19.8. The molecule has 168 valence electrons. The zero-order valence-corrected chi connectivity index (χ0v) is 18.9. The van der Waals surface area contributed by atoms with Crippen LogP contribution in [-0.2, 0) is 11.3 Å². The monoisotopic (exact) mass is 479 g/mol. The van der Waals surface area contributed by atoms with Crippen LogP contribution in [0.2, 0.25) is 10.0 Å². The van der Waals surface area contributed by atoms with Crippen LogP contribution in [0.4, 0.5) is 9.18 Å². The molecule has 3 N–H and O–H groups in total. The van der Waals surface area contributed by atoms with Crippen molar-refractivity contribution in [2.24, 2.45) is 5.92 Å². The van der Waals surface area contributed by atoms with E-state index in [1.165, 1.54) is 12.1 Å². The molecule has 0 spiro atoms. The first-order valence-electron chi connectivity index (χ1n) is 9.58. The Kier molecular flexibility index (Phi) is 7.32. The number of carbonyl (C=O) groups excluding carboxylic acids is 2. The highest BCUT2D eigenvalue weighted by Gasteiger charge is 2.19. The number of urea groups is 1. The molecular formula is C21H20Cl2FN5O3. The van der Waals surface area contributed by atoms with Crippen LogP contribution in [0.1, 0.15) is 25.3 Å². The molecule has 8 nitrogen and oxygen atoms in total. The van der Waals surface area contributed by atoms with Crippen LogP contribution in [0.3, 0.4) is 0 Å². The molecule has 0 aliphatic carbocycles. The molecule has 0 aliphatic heterocycles. The second-order valence-electron chi connectivity index (χ2n) is 7.20. The Bertz CT molecular complexity index is 1170. The van der Waals surface area contributed by atoms with Crippen molar-refractivity contribution < 1.29 is 18.5 Å². The number of aromatic nitrogens is 2. The van der Waals surface area contributed by atoms with Crippen molar-refractivity contribution in [1.29, 1.82) is 0 Å². The number of hydrogen-bond acceptors (Lipinski definition) is 5. The molecule has 0 saturated carbocycles. The Hall–Kier alpha value is -3.17. The van der Waals surface area contributed by atoms with Gasteiger partial charge in [0.15, 0.2) is 0 Å². The number of halogens is 3. The summed E-state index contributed by atoms with van der Waals surface area (Å²) in [4.78, 5) is 27.5. The van der Waals surface area contributed by atoms with Crippen LogP contribution in [0.25, 0.3) is 22.5 Å². The number of carbonyl (C=O) groups is 2. The van der Waals surface area contributed by atoms with Gasteiger partial charge in [-0.15, -0.1) is 0 Å². The minimum atomic E-state index is -0.668. The third-order valence-corrected chi connectivity index (χ3v) is 4.95. The molecular weight excluding hydrogens is 460 g/mol. The maximum atomic E-state index is 14.8. The molecule has 3 aromatic rings. The average molecular weight is 480 g/mol. The van der Waals surface area contributed by atoms with Crippen molar-refractivity contribution in [3.05, 3.63) is 57.6 Å². The number of hydrazine groups is 1. The lowest BCUT2D eigenvalue weighted by Gasteiger charge is -2.13. The second kappa shape index (κ2) is 9.97. The number of aryl methyl sites for hydroxylation is 1. The standard InChI is InChI=1S/C21H20Cl2FN5O3/c1-10(2)20(30)27-28-21(31)25-9-13-5-4-12(6-17(13)24)15-7-14(22)8-16(23)18(15)19-26-11(3)32-29-19/h4-8,10H,9H2,1-3H3,(H,27,30)(H2,25,28,31). The highest BCUT2D eigenvalue weighted by Crippen LogP contribution is 2.39. The van der Waals surface area contributed by atoms with Crippen LogP contribution in [-0.4, -0.2) is 22.1 Å². The first kappa shape index (κ1) is 23.5. The fourth-order valence-corrected chi connectivity index (χ4v) is 3.35. The smallest absolute Gasteiger partial charge is 0.333 e. The maximum Gasteiger partial charge on any atom is 0.333 e. The predicted octanol–water partition coefficient (Wildman–Crippen LogP) is 4.64. The SMILES string of the molecule is Cc1nc(-c2c(Cl)cc(Cl)cc2-c2ccc(CNC(=O)NNC(=O)C(C)C)c(F)c2)no1. The summed E-state index contributed by atoms with van der Waals surface area (Å²) >= 11 is 12.5. The van der Waals surface area contributed by atoms with E-state index in [0.29, 0.717) is 32.6 Å². The van der Waals surface area contributed by atoms with E-state index in [2.05, 4.69) is 26.3 Å². The highest BCUT2D eigenvalue weighted by molar-refractivity contribution is 6.37. The number of nitrogens with one attached hydrogen (secondary N) is 3. The van der Waals surface area contributed by atoms with E-state index in [4.69, 9.17) is 27.7 Å². The third-order valence-electron chi connectivity index (χ3n) is 4.43.